The summed E-state index contributed by atoms with van der Waals surface area (Å²) >= 11 is 0. The molecule has 2 N–H and O–H groups in total. The second-order valence-corrected chi connectivity index (χ2v) is 5.94. The topological polar surface area (TPSA) is 43.7 Å². The van der Waals surface area contributed by atoms with E-state index in [0.717, 1.165) is 0 Å². The summed E-state index contributed by atoms with van der Waals surface area (Å²) in [7, 11) is 0. The van der Waals surface area contributed by atoms with Gasteiger partial charge < -0.3 is 15.1 Å². The molecule has 2 heterocycles. The van der Waals surface area contributed by atoms with E-state index in [4.69, 9.17) is 0 Å². The number of hydrogen-bond donors (Lipinski definition) is 2. The van der Waals surface area contributed by atoms with Gasteiger partial charge in [-0.05, 0) is 30.5 Å². The van der Waals surface area contributed by atoms with Crippen LogP contribution in [-0.2, 0) is 12.0 Å². The number of aromatic hydroxyl groups is 1. The second kappa shape index (κ2) is 4.81. The minimum atomic E-state index is -6.03. The number of phenolic OH excluding ortho intramolecular Hbond substituents is 1. The number of aliphatic hydroxyl groups is 1. The molecule has 0 aromatic heterocycles. The van der Waals surface area contributed by atoms with Gasteiger partial charge in [-0.3, -0.25) is 0 Å². The fourth-order valence-electron chi connectivity index (χ4n) is 3.28. The maximum absolute atomic E-state index is 13.1. The molecule has 0 unspecified atom stereocenters. The zero-order valence-electron chi connectivity index (χ0n) is 12.4. The zero-order chi connectivity index (χ0) is 18.1. The molecule has 1 aromatic rings. The Bertz CT molecular complexity index is 721. The van der Waals surface area contributed by atoms with E-state index in [0.29, 0.717) is 30.4 Å². The van der Waals surface area contributed by atoms with Crippen LogP contribution in [-0.4, -0.2) is 35.7 Å². The molecule has 3 rings (SSSR count). The average molecular weight is 353 g/mol. The van der Waals surface area contributed by atoms with E-state index in [9.17, 15) is 36.6 Å². The van der Waals surface area contributed by atoms with Gasteiger partial charge in [0.25, 0.3) is 5.60 Å². The quantitative estimate of drug-likeness (QED) is 0.760. The van der Waals surface area contributed by atoms with Crippen molar-refractivity contribution < 1.29 is 36.6 Å². The molecule has 2 aliphatic heterocycles. The lowest BCUT2D eigenvalue weighted by Crippen LogP contribution is -2.54. The van der Waals surface area contributed by atoms with Gasteiger partial charge in [-0.15, -0.1) is 0 Å². The van der Waals surface area contributed by atoms with Gasteiger partial charge in [-0.1, -0.05) is 6.08 Å². The molecule has 0 atom stereocenters. The molecular weight excluding hydrogens is 340 g/mol. The molecular formula is C15H13F6NO2. The number of alkyl halides is 6. The van der Waals surface area contributed by atoms with Crippen molar-refractivity contribution in [3.05, 3.63) is 28.8 Å². The number of phenols is 1. The van der Waals surface area contributed by atoms with Crippen LogP contribution in [0.1, 0.15) is 23.6 Å². The van der Waals surface area contributed by atoms with Crippen LogP contribution in [0, 0.1) is 0 Å². The van der Waals surface area contributed by atoms with Crippen molar-refractivity contribution in [1.82, 2.24) is 0 Å². The van der Waals surface area contributed by atoms with Crippen molar-refractivity contribution in [1.29, 1.82) is 0 Å². The SMILES string of the molecule is CC1=CCN2CCc3cc(C(O)(C(F)(F)F)C(F)(F)F)c(O)c1c32. The van der Waals surface area contributed by atoms with Gasteiger partial charge in [0.2, 0.25) is 0 Å². The first-order valence-corrected chi connectivity index (χ1v) is 7.06. The molecule has 9 heteroatoms. The van der Waals surface area contributed by atoms with Crippen LogP contribution in [0.2, 0.25) is 0 Å². The normalized spacial score (nSPS) is 17.8. The van der Waals surface area contributed by atoms with Crippen molar-refractivity contribution in [3.8, 4) is 5.75 Å². The Morgan fingerprint density at radius 3 is 2.21 bits per heavy atom. The Balaban J connectivity index is 2.35. The summed E-state index contributed by atoms with van der Waals surface area (Å²) in [5, 5.41) is 19.8. The molecule has 2 aliphatic rings. The number of allylic oxidation sites excluding steroid dienone is 1. The molecule has 0 aliphatic carbocycles. The third-order valence-corrected chi connectivity index (χ3v) is 4.54. The van der Waals surface area contributed by atoms with Crippen LogP contribution in [0.15, 0.2) is 12.1 Å². The summed E-state index contributed by atoms with van der Waals surface area (Å²) in [5.41, 5.74) is -5.75. The summed E-state index contributed by atoms with van der Waals surface area (Å²) in [6.45, 7) is 2.38. The van der Waals surface area contributed by atoms with E-state index in [1.165, 1.54) is 6.92 Å². The Hall–Kier alpha value is -1.90. The lowest BCUT2D eigenvalue weighted by atomic mass is 9.85. The van der Waals surface area contributed by atoms with Crippen LogP contribution in [0.4, 0.5) is 32.0 Å². The van der Waals surface area contributed by atoms with Crippen LogP contribution in [0.3, 0.4) is 0 Å². The number of hydrogen-bond acceptors (Lipinski definition) is 3. The van der Waals surface area contributed by atoms with Crippen molar-refractivity contribution >= 4 is 11.3 Å². The Kier molecular flexibility index (Phi) is 3.39. The first-order chi connectivity index (χ1) is 10.9. The van der Waals surface area contributed by atoms with Crippen molar-refractivity contribution in [3.63, 3.8) is 0 Å². The van der Waals surface area contributed by atoms with E-state index in [2.05, 4.69) is 0 Å². The van der Waals surface area contributed by atoms with Crippen LogP contribution in [0.25, 0.3) is 5.57 Å². The van der Waals surface area contributed by atoms with E-state index < -0.39 is 29.3 Å². The summed E-state index contributed by atoms with van der Waals surface area (Å²) in [6.07, 6.45) is -10.2. The van der Waals surface area contributed by atoms with E-state index in [1.807, 2.05) is 0 Å². The smallest absolute Gasteiger partial charge is 0.430 e. The summed E-state index contributed by atoms with van der Waals surface area (Å²) in [4.78, 5) is 1.77. The molecule has 0 spiro atoms. The van der Waals surface area contributed by atoms with E-state index in [-0.39, 0.29) is 17.5 Å². The van der Waals surface area contributed by atoms with E-state index >= 15 is 0 Å². The predicted octanol–water partition coefficient (Wildman–Crippen LogP) is 3.48. The number of halogens is 6. The summed E-state index contributed by atoms with van der Waals surface area (Å²) < 4.78 is 78.8. The van der Waals surface area contributed by atoms with Crippen LogP contribution in [0.5, 0.6) is 5.75 Å². The first-order valence-electron chi connectivity index (χ1n) is 7.06. The highest BCUT2D eigenvalue weighted by Gasteiger charge is 2.72. The third kappa shape index (κ3) is 2.03. The molecule has 0 amide bonds. The standard InChI is InChI=1S/C15H13F6NO2/c1-7-2-4-22-5-3-8-6-9(12(23)10(7)11(8)22)13(24,14(16,17)18)15(19,20)21/h2,6,23-24H,3-5H2,1H3. The highest BCUT2D eigenvalue weighted by atomic mass is 19.4. The monoisotopic (exact) mass is 353 g/mol. The van der Waals surface area contributed by atoms with Gasteiger partial charge >= 0.3 is 12.4 Å². The molecule has 0 radical (unpaired) electrons. The molecule has 132 valence electrons. The molecule has 24 heavy (non-hydrogen) atoms. The van der Waals surface area contributed by atoms with Gasteiger partial charge in [-0.2, -0.15) is 26.3 Å². The molecule has 0 saturated heterocycles. The molecule has 0 saturated carbocycles. The van der Waals surface area contributed by atoms with Gasteiger partial charge in [0.05, 0.1) is 5.69 Å². The summed E-state index contributed by atoms with van der Waals surface area (Å²) in [5.74, 6) is -1.19. The number of benzene rings is 1. The van der Waals surface area contributed by atoms with Crippen molar-refractivity contribution in [2.24, 2.45) is 0 Å². The minimum Gasteiger partial charge on any atom is -0.507 e. The molecule has 0 fully saturated rings. The van der Waals surface area contributed by atoms with E-state index in [1.54, 1.807) is 11.0 Å². The van der Waals surface area contributed by atoms with Crippen molar-refractivity contribution in [2.75, 3.05) is 18.0 Å². The number of rotatable bonds is 1. The van der Waals surface area contributed by atoms with Gasteiger partial charge in [0, 0.05) is 24.2 Å². The fourth-order valence-corrected chi connectivity index (χ4v) is 3.28. The first kappa shape index (κ1) is 16.9. The highest BCUT2D eigenvalue weighted by molar-refractivity contribution is 5.87. The second-order valence-electron chi connectivity index (χ2n) is 5.94. The van der Waals surface area contributed by atoms with Crippen LogP contribution < -0.4 is 4.90 Å². The minimum absolute atomic E-state index is 0.0850. The zero-order valence-corrected chi connectivity index (χ0v) is 12.4. The lowest BCUT2D eigenvalue weighted by molar-refractivity contribution is -0.376. The van der Waals surface area contributed by atoms with Crippen molar-refractivity contribution in [2.45, 2.75) is 31.3 Å². The largest absolute Gasteiger partial charge is 0.507 e. The molecule has 0 bridgehead atoms. The molecule has 3 nitrogen and oxygen atoms in total. The fraction of sp³-hybridized carbons (Fsp3) is 0.467. The number of anilines is 1. The highest BCUT2D eigenvalue weighted by Crippen LogP contribution is 2.56. The van der Waals surface area contributed by atoms with Gasteiger partial charge in [0.15, 0.2) is 0 Å². The maximum atomic E-state index is 13.1. The maximum Gasteiger partial charge on any atom is 0.430 e. The summed E-state index contributed by atoms with van der Waals surface area (Å²) in [6, 6.07) is 0.619. The predicted molar refractivity (Wildman–Crippen MR) is 73.7 cm³/mol. The third-order valence-electron chi connectivity index (χ3n) is 4.54. The lowest BCUT2D eigenvalue weighted by Gasteiger charge is -2.35. The number of nitrogens with zero attached hydrogens (tertiary/aromatic N) is 1. The van der Waals surface area contributed by atoms with Gasteiger partial charge in [-0.25, -0.2) is 0 Å². The average Bonchev–Trinajstić information content (AvgIpc) is 2.84. The van der Waals surface area contributed by atoms with Crippen LogP contribution >= 0.6 is 0 Å². The Morgan fingerprint density at radius 1 is 1.08 bits per heavy atom. The molecule has 1 aromatic carbocycles. The Labute approximate surface area is 132 Å². The Morgan fingerprint density at radius 2 is 1.67 bits per heavy atom. The van der Waals surface area contributed by atoms with Gasteiger partial charge in [0.1, 0.15) is 5.75 Å².